The van der Waals surface area contributed by atoms with Crippen molar-refractivity contribution in [1.82, 2.24) is 0 Å². The van der Waals surface area contributed by atoms with Crippen LogP contribution in [-0.4, -0.2) is 17.3 Å². The summed E-state index contributed by atoms with van der Waals surface area (Å²) in [6.07, 6.45) is -1.80. The summed E-state index contributed by atoms with van der Waals surface area (Å²) in [5.41, 5.74) is 5.70. The van der Waals surface area contributed by atoms with E-state index in [2.05, 4.69) is 22.6 Å². The summed E-state index contributed by atoms with van der Waals surface area (Å²) >= 11 is 2.13. The molecule has 1 aromatic carbocycles. The third-order valence-electron chi connectivity index (χ3n) is 2.25. The fourth-order valence-electron chi connectivity index (χ4n) is 1.44. The molecule has 0 aliphatic rings. The first-order valence-corrected chi connectivity index (χ1v) is 6.02. The van der Waals surface area contributed by atoms with Gasteiger partial charge in [-0.3, -0.25) is 0 Å². The summed E-state index contributed by atoms with van der Waals surface area (Å²) < 4.78 is 5.79. The van der Waals surface area contributed by atoms with Crippen molar-refractivity contribution in [3.63, 3.8) is 0 Å². The van der Waals surface area contributed by atoms with Crippen LogP contribution >= 0.6 is 22.6 Å². The Kier molecular flexibility index (Phi) is 5.01. The molecule has 3 N–H and O–H groups in total. The zero-order valence-corrected chi connectivity index (χ0v) is 11.0. The molecule has 0 spiro atoms. The highest BCUT2D eigenvalue weighted by Crippen LogP contribution is 2.25. The molecule has 0 heterocycles. The molecule has 0 aromatic heterocycles. The Balaban J connectivity index is 2.86. The number of amides is 1. The molecule has 0 saturated heterocycles. The number of hydrogen-bond acceptors (Lipinski definition) is 3. The molecule has 0 fully saturated rings. The molecule has 1 rings (SSSR count). The first kappa shape index (κ1) is 13.2. The van der Waals surface area contributed by atoms with Crippen LogP contribution in [0.15, 0.2) is 24.3 Å². The Bertz CT molecular complexity index is 370. The normalized spacial score (nSPS) is 14.2. The van der Waals surface area contributed by atoms with Gasteiger partial charge in [-0.25, -0.2) is 4.79 Å². The Morgan fingerprint density at radius 2 is 2.19 bits per heavy atom. The molecule has 88 valence electrons. The largest absolute Gasteiger partial charge is 0.443 e. The van der Waals surface area contributed by atoms with Crippen LogP contribution in [0, 0.1) is 3.57 Å². The van der Waals surface area contributed by atoms with E-state index in [0.29, 0.717) is 6.42 Å². The topological polar surface area (TPSA) is 72.5 Å². The Morgan fingerprint density at radius 3 is 2.69 bits per heavy atom. The molecular formula is C11H14INO3. The maximum Gasteiger partial charge on any atom is 0.404 e. The van der Waals surface area contributed by atoms with Gasteiger partial charge in [0.1, 0.15) is 12.2 Å². The van der Waals surface area contributed by atoms with Gasteiger partial charge in [-0.15, -0.1) is 0 Å². The third kappa shape index (κ3) is 3.34. The second-order valence-electron chi connectivity index (χ2n) is 3.35. The summed E-state index contributed by atoms with van der Waals surface area (Å²) in [6.45, 7) is 1.83. The number of halogens is 1. The van der Waals surface area contributed by atoms with Crippen LogP contribution in [0.3, 0.4) is 0 Å². The smallest absolute Gasteiger partial charge is 0.404 e. The molecule has 0 bridgehead atoms. The monoisotopic (exact) mass is 335 g/mol. The fourth-order valence-corrected chi connectivity index (χ4v) is 2.14. The van der Waals surface area contributed by atoms with Crippen LogP contribution in [-0.2, 0) is 4.74 Å². The molecule has 0 aliphatic heterocycles. The van der Waals surface area contributed by atoms with Crippen LogP contribution in [0.1, 0.15) is 25.0 Å². The quantitative estimate of drug-likeness (QED) is 0.829. The van der Waals surface area contributed by atoms with Crippen molar-refractivity contribution in [1.29, 1.82) is 0 Å². The van der Waals surface area contributed by atoms with Crippen LogP contribution in [0.5, 0.6) is 0 Å². The number of ether oxygens (including phenoxy) is 1. The van der Waals surface area contributed by atoms with Gasteiger partial charge in [0, 0.05) is 3.57 Å². The van der Waals surface area contributed by atoms with E-state index in [0.717, 1.165) is 9.13 Å². The Labute approximate surface area is 108 Å². The Hall–Kier alpha value is -0.820. The summed E-state index contributed by atoms with van der Waals surface area (Å²) in [7, 11) is 0. The van der Waals surface area contributed by atoms with Crippen LogP contribution in [0.2, 0.25) is 0 Å². The first-order chi connectivity index (χ1) is 7.56. The molecule has 2 atom stereocenters. The lowest BCUT2D eigenvalue weighted by Gasteiger charge is -2.22. The number of nitrogens with two attached hydrogens (primary N) is 1. The van der Waals surface area contributed by atoms with Gasteiger partial charge in [-0.05, 0) is 40.6 Å². The Morgan fingerprint density at radius 1 is 1.56 bits per heavy atom. The van der Waals surface area contributed by atoms with Crippen molar-refractivity contribution in [3.8, 4) is 0 Å². The second kappa shape index (κ2) is 6.05. The first-order valence-electron chi connectivity index (χ1n) is 4.94. The zero-order valence-electron chi connectivity index (χ0n) is 8.89. The highest BCUT2D eigenvalue weighted by Gasteiger charge is 2.23. The number of benzene rings is 1. The number of aliphatic hydroxyl groups excluding tert-OH is 1. The van der Waals surface area contributed by atoms with E-state index < -0.39 is 18.3 Å². The highest BCUT2D eigenvalue weighted by molar-refractivity contribution is 14.1. The maximum absolute atomic E-state index is 10.7. The van der Waals surface area contributed by atoms with E-state index in [-0.39, 0.29) is 0 Å². The average Bonchev–Trinajstić information content (AvgIpc) is 2.25. The van der Waals surface area contributed by atoms with Crippen molar-refractivity contribution in [2.45, 2.75) is 25.6 Å². The molecular weight excluding hydrogens is 321 g/mol. The molecule has 1 aromatic rings. The van der Waals surface area contributed by atoms with E-state index in [9.17, 15) is 9.90 Å². The van der Waals surface area contributed by atoms with E-state index in [1.807, 2.05) is 25.1 Å². The number of carbonyl (C=O) groups is 1. The van der Waals surface area contributed by atoms with Crippen LogP contribution in [0.25, 0.3) is 0 Å². The molecule has 1 amide bonds. The van der Waals surface area contributed by atoms with Gasteiger partial charge in [0.05, 0.1) is 0 Å². The predicted octanol–water partition coefficient (Wildman–Crippen LogP) is 2.20. The maximum atomic E-state index is 10.7. The van der Waals surface area contributed by atoms with E-state index in [1.165, 1.54) is 0 Å². The number of primary amides is 1. The minimum Gasteiger partial charge on any atom is -0.443 e. The van der Waals surface area contributed by atoms with Crippen LogP contribution < -0.4 is 5.73 Å². The second-order valence-corrected chi connectivity index (χ2v) is 4.51. The third-order valence-corrected chi connectivity index (χ3v) is 3.23. The van der Waals surface area contributed by atoms with Gasteiger partial charge < -0.3 is 15.6 Å². The van der Waals surface area contributed by atoms with Crippen molar-refractivity contribution in [2.24, 2.45) is 5.73 Å². The van der Waals surface area contributed by atoms with Gasteiger partial charge in [0.15, 0.2) is 0 Å². The summed E-state index contributed by atoms with van der Waals surface area (Å²) in [4.78, 5) is 10.7. The predicted molar refractivity (Wildman–Crippen MR) is 68.9 cm³/mol. The summed E-state index contributed by atoms with van der Waals surface area (Å²) in [5.74, 6) is 0. The SMILES string of the molecule is CC[C@@H](OC(N)=O)[C@H](O)c1ccccc1I. The zero-order chi connectivity index (χ0) is 12.1. The standard InChI is InChI=1S/C11H14INO3/c1-2-9(16-11(13)15)10(14)7-5-3-4-6-8(7)12/h3-6,9-10,14H,2H2,1H3,(H2,13,15)/t9-,10-/m1/s1. The molecule has 4 nitrogen and oxygen atoms in total. The van der Waals surface area contributed by atoms with Crippen LogP contribution in [0.4, 0.5) is 4.79 Å². The van der Waals surface area contributed by atoms with Gasteiger partial charge >= 0.3 is 6.09 Å². The van der Waals surface area contributed by atoms with Crippen molar-refractivity contribution < 1.29 is 14.6 Å². The number of rotatable bonds is 4. The summed E-state index contributed by atoms with van der Waals surface area (Å²) in [6, 6.07) is 7.40. The minimum absolute atomic E-state index is 0.509. The van der Waals surface area contributed by atoms with E-state index >= 15 is 0 Å². The lowest BCUT2D eigenvalue weighted by atomic mass is 10.0. The van der Waals surface area contributed by atoms with E-state index in [1.54, 1.807) is 6.07 Å². The van der Waals surface area contributed by atoms with Gasteiger partial charge in [-0.1, -0.05) is 25.1 Å². The average molecular weight is 335 g/mol. The number of aliphatic hydroxyl groups is 1. The van der Waals surface area contributed by atoms with Gasteiger partial charge in [0.2, 0.25) is 0 Å². The lowest BCUT2D eigenvalue weighted by Crippen LogP contribution is -2.28. The van der Waals surface area contributed by atoms with E-state index in [4.69, 9.17) is 10.5 Å². The molecule has 0 saturated carbocycles. The highest BCUT2D eigenvalue weighted by atomic mass is 127. The van der Waals surface area contributed by atoms with Gasteiger partial charge in [0.25, 0.3) is 0 Å². The van der Waals surface area contributed by atoms with Crippen molar-refractivity contribution in [2.75, 3.05) is 0 Å². The van der Waals surface area contributed by atoms with Crippen molar-refractivity contribution >= 4 is 28.7 Å². The molecule has 0 unspecified atom stereocenters. The summed E-state index contributed by atoms with van der Waals surface area (Å²) in [5, 5.41) is 10.1. The number of hydrogen-bond donors (Lipinski definition) is 2. The van der Waals surface area contributed by atoms with Crippen molar-refractivity contribution in [3.05, 3.63) is 33.4 Å². The minimum atomic E-state index is -0.864. The van der Waals surface area contributed by atoms with Gasteiger partial charge in [-0.2, -0.15) is 0 Å². The fraction of sp³-hybridized carbons (Fsp3) is 0.364. The molecule has 16 heavy (non-hydrogen) atoms. The molecule has 5 heteroatoms. The molecule has 0 radical (unpaired) electrons. The number of carbonyl (C=O) groups excluding carboxylic acids is 1. The molecule has 0 aliphatic carbocycles. The lowest BCUT2D eigenvalue weighted by molar-refractivity contribution is 0.00297.